The van der Waals surface area contributed by atoms with Crippen molar-refractivity contribution in [1.82, 2.24) is 0 Å². The quantitative estimate of drug-likeness (QED) is 0.719. The molecule has 1 rings (SSSR count). The summed E-state index contributed by atoms with van der Waals surface area (Å²) in [4.78, 5) is 0. The van der Waals surface area contributed by atoms with Gasteiger partial charge < -0.3 is 4.43 Å². The maximum atomic E-state index is 6.19. The van der Waals surface area contributed by atoms with E-state index in [0.717, 1.165) is 0 Å². The van der Waals surface area contributed by atoms with Crippen LogP contribution in [0.1, 0.15) is 41.5 Å². The third-order valence-corrected chi connectivity index (χ3v) is 9.58. The van der Waals surface area contributed by atoms with Crippen molar-refractivity contribution < 1.29 is 4.43 Å². The molecule has 0 radical (unpaired) electrons. The monoisotopic (exact) mass is 250 g/mol. The zero-order valence-electron chi connectivity index (χ0n) is 12.3. The summed E-state index contributed by atoms with van der Waals surface area (Å²) in [6.45, 7) is 13.8. The number of hydrogen-bond acceptors (Lipinski definition) is 1. The van der Waals surface area contributed by atoms with Gasteiger partial charge in [0.05, 0.1) is 0 Å². The Morgan fingerprint density at radius 3 is 1.53 bits per heavy atom. The van der Waals surface area contributed by atoms with E-state index in [9.17, 15) is 0 Å². The lowest BCUT2D eigenvalue weighted by Crippen LogP contribution is -2.63. The highest BCUT2D eigenvalue weighted by atomic mass is 28.4. The average Bonchev–Trinajstić information content (AvgIpc) is 2.16. The lowest BCUT2D eigenvalue weighted by Gasteiger charge is -2.50. The fraction of sp³-hybridized carbons (Fsp3) is 0.600. The van der Waals surface area contributed by atoms with Crippen LogP contribution in [0.2, 0.25) is 10.1 Å². The topological polar surface area (TPSA) is 9.23 Å². The van der Waals surface area contributed by atoms with Crippen LogP contribution < -0.4 is 5.19 Å². The average molecular weight is 250 g/mol. The molecule has 0 unspecified atom stereocenters. The van der Waals surface area contributed by atoms with Crippen LogP contribution in [0.4, 0.5) is 0 Å². The summed E-state index contributed by atoms with van der Waals surface area (Å²) >= 11 is 0. The smallest absolute Gasteiger partial charge is 0.234 e. The van der Waals surface area contributed by atoms with Crippen molar-refractivity contribution in [3.8, 4) is 0 Å². The molecule has 0 aromatic heterocycles. The van der Waals surface area contributed by atoms with Gasteiger partial charge in [-0.05, 0) is 15.3 Å². The largest absolute Gasteiger partial charge is 0.414 e. The van der Waals surface area contributed by atoms with Gasteiger partial charge in [0.15, 0.2) is 0 Å². The van der Waals surface area contributed by atoms with E-state index in [1.54, 1.807) is 0 Å². The Bertz CT molecular complexity index is 343. The Morgan fingerprint density at radius 2 is 1.24 bits per heavy atom. The van der Waals surface area contributed by atoms with Crippen molar-refractivity contribution in [2.75, 3.05) is 7.11 Å². The van der Waals surface area contributed by atoms with Gasteiger partial charge >= 0.3 is 0 Å². The van der Waals surface area contributed by atoms with Gasteiger partial charge in [-0.1, -0.05) is 71.9 Å². The van der Waals surface area contributed by atoms with E-state index in [1.807, 2.05) is 7.11 Å². The van der Waals surface area contributed by atoms with Gasteiger partial charge in [-0.3, -0.25) is 0 Å². The van der Waals surface area contributed by atoms with Crippen molar-refractivity contribution in [3.63, 3.8) is 0 Å². The maximum Gasteiger partial charge on any atom is 0.234 e. The first-order valence-electron chi connectivity index (χ1n) is 6.27. The molecule has 0 saturated carbocycles. The fourth-order valence-corrected chi connectivity index (χ4v) is 9.50. The minimum atomic E-state index is -2.05. The second-order valence-corrected chi connectivity index (χ2v) is 12.1. The van der Waals surface area contributed by atoms with Crippen LogP contribution in [0.15, 0.2) is 30.3 Å². The Morgan fingerprint density at radius 1 is 0.824 bits per heavy atom. The number of rotatable bonds is 2. The summed E-state index contributed by atoms with van der Waals surface area (Å²) < 4.78 is 6.19. The molecule has 96 valence electrons. The molecule has 0 saturated heterocycles. The van der Waals surface area contributed by atoms with E-state index in [1.165, 1.54) is 5.19 Å². The van der Waals surface area contributed by atoms with Gasteiger partial charge in [0.25, 0.3) is 0 Å². The molecule has 0 fully saturated rings. The molecule has 0 N–H and O–H groups in total. The van der Waals surface area contributed by atoms with E-state index in [2.05, 4.69) is 71.9 Å². The van der Waals surface area contributed by atoms with Gasteiger partial charge in [0.1, 0.15) is 0 Å². The Hall–Kier alpha value is -0.603. The second-order valence-electron chi connectivity index (χ2n) is 6.75. The zero-order valence-corrected chi connectivity index (χ0v) is 13.3. The molecule has 0 atom stereocenters. The zero-order chi connectivity index (χ0) is 13.3. The number of benzene rings is 1. The van der Waals surface area contributed by atoms with Gasteiger partial charge in [-0.25, -0.2) is 0 Å². The standard InChI is InChI=1S/C15H26OSi/c1-14(2,3)17(16-7,15(4,5)6)13-11-9-8-10-12-13/h8-12H,1-7H3. The second kappa shape index (κ2) is 4.58. The molecule has 0 aliphatic heterocycles. The highest BCUT2D eigenvalue weighted by Crippen LogP contribution is 2.50. The molecule has 0 aliphatic rings. The van der Waals surface area contributed by atoms with E-state index >= 15 is 0 Å². The Kier molecular flexibility index (Phi) is 3.90. The van der Waals surface area contributed by atoms with E-state index in [0.29, 0.717) is 0 Å². The molecular formula is C15H26OSi. The summed E-state index contributed by atoms with van der Waals surface area (Å²) in [5.41, 5.74) is 0. The van der Waals surface area contributed by atoms with Crippen molar-refractivity contribution in [2.24, 2.45) is 0 Å². The third-order valence-electron chi connectivity index (χ3n) is 3.60. The normalized spacial score (nSPS) is 13.8. The molecule has 0 heterocycles. The molecule has 2 heteroatoms. The third kappa shape index (κ3) is 2.34. The Balaban J connectivity index is 3.49. The molecule has 1 nitrogen and oxygen atoms in total. The van der Waals surface area contributed by atoms with Crippen LogP contribution in [0, 0.1) is 0 Å². The highest BCUT2D eigenvalue weighted by molar-refractivity contribution is 6.91. The van der Waals surface area contributed by atoms with Crippen LogP contribution in [-0.2, 0) is 4.43 Å². The van der Waals surface area contributed by atoms with Crippen LogP contribution in [0.25, 0.3) is 0 Å². The molecular weight excluding hydrogens is 224 g/mol. The fourth-order valence-electron chi connectivity index (χ4n) is 3.39. The molecule has 1 aromatic carbocycles. The minimum absolute atomic E-state index is 0.168. The summed E-state index contributed by atoms with van der Waals surface area (Å²) in [5, 5.41) is 1.73. The van der Waals surface area contributed by atoms with Gasteiger partial charge in [0.2, 0.25) is 8.32 Å². The first-order valence-corrected chi connectivity index (χ1v) is 8.18. The summed E-state index contributed by atoms with van der Waals surface area (Å²) in [6.07, 6.45) is 0. The molecule has 0 bridgehead atoms. The highest BCUT2D eigenvalue weighted by Gasteiger charge is 2.55. The molecule has 0 spiro atoms. The minimum Gasteiger partial charge on any atom is -0.414 e. The van der Waals surface area contributed by atoms with Gasteiger partial charge in [0, 0.05) is 7.11 Å². The van der Waals surface area contributed by atoms with Crippen molar-refractivity contribution in [3.05, 3.63) is 30.3 Å². The molecule has 0 amide bonds. The molecule has 0 aliphatic carbocycles. The first-order chi connectivity index (χ1) is 7.67. The van der Waals surface area contributed by atoms with Crippen LogP contribution in [0.3, 0.4) is 0 Å². The predicted octanol–water partition coefficient (Wildman–Crippen LogP) is 4.09. The van der Waals surface area contributed by atoms with Crippen molar-refractivity contribution >= 4 is 13.5 Å². The maximum absolute atomic E-state index is 6.19. The predicted molar refractivity (Wildman–Crippen MR) is 78.3 cm³/mol. The van der Waals surface area contributed by atoms with Crippen molar-refractivity contribution in [1.29, 1.82) is 0 Å². The molecule has 1 aromatic rings. The lowest BCUT2D eigenvalue weighted by molar-refractivity contribution is 0.341. The van der Waals surface area contributed by atoms with Crippen LogP contribution in [0.5, 0.6) is 0 Å². The lowest BCUT2D eigenvalue weighted by atomic mass is 10.2. The summed E-state index contributed by atoms with van der Waals surface area (Å²) in [6, 6.07) is 10.8. The van der Waals surface area contributed by atoms with Crippen LogP contribution in [-0.4, -0.2) is 15.4 Å². The summed E-state index contributed by atoms with van der Waals surface area (Å²) in [5.74, 6) is 0. The summed E-state index contributed by atoms with van der Waals surface area (Å²) in [7, 11) is -0.164. The number of hydrogen-bond donors (Lipinski definition) is 0. The van der Waals surface area contributed by atoms with Gasteiger partial charge in [-0.2, -0.15) is 0 Å². The Labute approximate surface area is 107 Å². The van der Waals surface area contributed by atoms with E-state index < -0.39 is 8.32 Å². The first kappa shape index (κ1) is 14.5. The van der Waals surface area contributed by atoms with Crippen molar-refractivity contribution in [2.45, 2.75) is 51.6 Å². The van der Waals surface area contributed by atoms with Crippen LogP contribution >= 0.6 is 0 Å². The van der Waals surface area contributed by atoms with E-state index in [-0.39, 0.29) is 10.1 Å². The SMILES string of the molecule is CO[Si](c1ccccc1)(C(C)(C)C)C(C)(C)C. The van der Waals surface area contributed by atoms with E-state index in [4.69, 9.17) is 4.43 Å². The molecule has 17 heavy (non-hydrogen) atoms. The van der Waals surface area contributed by atoms with Gasteiger partial charge in [-0.15, -0.1) is 0 Å².